The van der Waals surface area contributed by atoms with Crippen LogP contribution in [0.15, 0.2) is 30.3 Å². The zero-order valence-corrected chi connectivity index (χ0v) is 12.8. The third-order valence-corrected chi connectivity index (χ3v) is 4.17. The lowest BCUT2D eigenvalue weighted by Crippen LogP contribution is -2.21. The van der Waals surface area contributed by atoms with Gasteiger partial charge in [-0.3, -0.25) is 4.79 Å². The Hall–Kier alpha value is -2.01. The minimum Gasteiger partial charge on any atom is -0.397 e. The summed E-state index contributed by atoms with van der Waals surface area (Å²) in [6.45, 7) is 2.81. The fourth-order valence-electron chi connectivity index (χ4n) is 1.85. The van der Waals surface area contributed by atoms with Gasteiger partial charge in [0, 0.05) is 20.6 Å². The van der Waals surface area contributed by atoms with Crippen molar-refractivity contribution in [3.8, 4) is 0 Å². The molecule has 1 aromatic carbocycles. The Balaban J connectivity index is 2.10. The lowest BCUT2D eigenvalue weighted by atomic mass is 10.1. The molecule has 0 unspecified atom stereocenters. The van der Waals surface area contributed by atoms with Crippen LogP contribution in [0.1, 0.15) is 20.8 Å². The van der Waals surface area contributed by atoms with Crippen molar-refractivity contribution in [3.63, 3.8) is 0 Å². The normalized spacial score (nSPS) is 10.3. The SMILES string of the molecule is Cc1ccccc1CNc1cc(N)c(C(=O)N(C)C)s1. The van der Waals surface area contributed by atoms with Crippen molar-refractivity contribution in [3.05, 3.63) is 46.3 Å². The predicted octanol–water partition coefficient (Wildman–Crippen LogP) is 2.95. The summed E-state index contributed by atoms with van der Waals surface area (Å²) in [5.74, 6) is -0.0589. The molecule has 1 amide bonds. The molecule has 0 aliphatic carbocycles. The Morgan fingerprint density at radius 3 is 2.70 bits per heavy atom. The maximum absolute atomic E-state index is 11.9. The minimum absolute atomic E-state index is 0.0589. The molecule has 0 saturated heterocycles. The highest BCUT2D eigenvalue weighted by molar-refractivity contribution is 7.18. The molecule has 106 valence electrons. The molecule has 0 radical (unpaired) electrons. The molecule has 20 heavy (non-hydrogen) atoms. The van der Waals surface area contributed by atoms with Crippen molar-refractivity contribution < 1.29 is 4.79 Å². The maximum atomic E-state index is 11.9. The number of benzene rings is 1. The third-order valence-electron chi connectivity index (χ3n) is 3.08. The quantitative estimate of drug-likeness (QED) is 0.910. The van der Waals surface area contributed by atoms with Crippen LogP contribution in [0.25, 0.3) is 0 Å². The van der Waals surface area contributed by atoms with Gasteiger partial charge in [-0.05, 0) is 24.1 Å². The fourth-order valence-corrected chi connectivity index (χ4v) is 2.85. The van der Waals surface area contributed by atoms with Gasteiger partial charge in [0.2, 0.25) is 0 Å². The van der Waals surface area contributed by atoms with Crippen LogP contribution in [-0.4, -0.2) is 24.9 Å². The van der Waals surface area contributed by atoms with Crippen molar-refractivity contribution in [2.75, 3.05) is 25.1 Å². The second kappa shape index (κ2) is 5.96. The molecule has 0 spiro atoms. The van der Waals surface area contributed by atoms with E-state index in [2.05, 4.69) is 24.4 Å². The fraction of sp³-hybridized carbons (Fsp3) is 0.267. The molecule has 0 saturated carbocycles. The minimum atomic E-state index is -0.0589. The molecule has 1 aromatic heterocycles. The molecule has 0 atom stereocenters. The molecular formula is C15H19N3OS. The number of amides is 1. The van der Waals surface area contributed by atoms with E-state index in [4.69, 9.17) is 5.73 Å². The van der Waals surface area contributed by atoms with Crippen molar-refractivity contribution in [2.24, 2.45) is 0 Å². The van der Waals surface area contributed by atoms with Gasteiger partial charge in [-0.1, -0.05) is 24.3 Å². The van der Waals surface area contributed by atoms with E-state index in [1.165, 1.54) is 27.4 Å². The van der Waals surface area contributed by atoms with Crippen LogP contribution in [0.2, 0.25) is 0 Å². The lowest BCUT2D eigenvalue weighted by Gasteiger charge is -2.08. The molecule has 0 fully saturated rings. The van der Waals surface area contributed by atoms with Gasteiger partial charge in [0.05, 0.1) is 10.7 Å². The second-order valence-electron chi connectivity index (χ2n) is 4.87. The van der Waals surface area contributed by atoms with E-state index in [-0.39, 0.29) is 5.91 Å². The standard InChI is InChI=1S/C15H19N3OS/c1-10-6-4-5-7-11(10)9-17-13-8-12(16)14(20-13)15(19)18(2)3/h4-8,17H,9,16H2,1-3H3. The van der Waals surface area contributed by atoms with Crippen LogP contribution < -0.4 is 11.1 Å². The first kappa shape index (κ1) is 14.4. The van der Waals surface area contributed by atoms with Gasteiger partial charge in [0.1, 0.15) is 4.88 Å². The number of nitrogens with two attached hydrogens (primary N) is 1. The molecular weight excluding hydrogens is 270 g/mol. The number of nitrogens with one attached hydrogen (secondary N) is 1. The molecule has 2 aromatic rings. The maximum Gasteiger partial charge on any atom is 0.265 e. The van der Waals surface area contributed by atoms with E-state index in [1.807, 2.05) is 18.2 Å². The Bertz CT molecular complexity index is 619. The number of carbonyl (C=O) groups is 1. The van der Waals surface area contributed by atoms with Crippen LogP contribution in [0.5, 0.6) is 0 Å². The molecule has 0 bridgehead atoms. The van der Waals surface area contributed by atoms with E-state index in [1.54, 1.807) is 14.1 Å². The summed E-state index contributed by atoms with van der Waals surface area (Å²) >= 11 is 1.39. The van der Waals surface area contributed by atoms with Gasteiger partial charge in [-0.2, -0.15) is 0 Å². The molecule has 0 aliphatic rings. The van der Waals surface area contributed by atoms with E-state index < -0.39 is 0 Å². The van der Waals surface area contributed by atoms with Crippen LogP contribution in [0.3, 0.4) is 0 Å². The summed E-state index contributed by atoms with van der Waals surface area (Å²) in [7, 11) is 3.45. The molecule has 2 rings (SSSR count). The number of nitrogens with zero attached hydrogens (tertiary/aromatic N) is 1. The zero-order valence-electron chi connectivity index (χ0n) is 11.9. The number of anilines is 2. The first-order valence-corrected chi connectivity index (χ1v) is 7.20. The van der Waals surface area contributed by atoms with Gasteiger partial charge in [-0.25, -0.2) is 0 Å². The van der Waals surface area contributed by atoms with Crippen molar-refractivity contribution in [1.82, 2.24) is 4.90 Å². The predicted molar refractivity (Wildman–Crippen MR) is 85.3 cm³/mol. The number of hydrogen-bond donors (Lipinski definition) is 2. The van der Waals surface area contributed by atoms with Crippen molar-refractivity contribution in [1.29, 1.82) is 0 Å². The Morgan fingerprint density at radius 2 is 2.05 bits per heavy atom. The summed E-state index contributed by atoms with van der Waals surface area (Å²) in [6.07, 6.45) is 0. The number of hydrogen-bond acceptors (Lipinski definition) is 4. The average molecular weight is 289 g/mol. The summed E-state index contributed by atoms with van der Waals surface area (Å²) in [5.41, 5.74) is 8.91. The summed E-state index contributed by atoms with van der Waals surface area (Å²) in [5, 5.41) is 4.24. The van der Waals surface area contributed by atoms with Crippen molar-refractivity contribution >= 4 is 27.9 Å². The van der Waals surface area contributed by atoms with Gasteiger partial charge in [0.15, 0.2) is 0 Å². The number of aryl methyl sites for hydroxylation is 1. The van der Waals surface area contributed by atoms with E-state index in [0.717, 1.165) is 11.5 Å². The molecule has 5 heteroatoms. The van der Waals surface area contributed by atoms with Gasteiger partial charge >= 0.3 is 0 Å². The van der Waals surface area contributed by atoms with E-state index >= 15 is 0 Å². The Morgan fingerprint density at radius 1 is 1.35 bits per heavy atom. The highest BCUT2D eigenvalue weighted by atomic mass is 32.1. The monoisotopic (exact) mass is 289 g/mol. The lowest BCUT2D eigenvalue weighted by molar-refractivity contribution is 0.0833. The smallest absolute Gasteiger partial charge is 0.265 e. The Kier molecular flexibility index (Phi) is 4.29. The largest absolute Gasteiger partial charge is 0.397 e. The molecule has 3 N–H and O–H groups in total. The zero-order chi connectivity index (χ0) is 14.7. The van der Waals surface area contributed by atoms with Crippen LogP contribution in [0, 0.1) is 6.92 Å². The Labute approximate surface area is 123 Å². The summed E-state index contributed by atoms with van der Waals surface area (Å²) in [4.78, 5) is 14.1. The van der Waals surface area contributed by atoms with E-state index in [9.17, 15) is 4.79 Å². The average Bonchev–Trinajstić information content (AvgIpc) is 2.78. The number of rotatable bonds is 4. The van der Waals surface area contributed by atoms with Gasteiger partial charge < -0.3 is 16.0 Å². The number of nitrogen functional groups attached to an aromatic ring is 1. The first-order chi connectivity index (χ1) is 9.49. The van der Waals surface area contributed by atoms with Crippen LogP contribution >= 0.6 is 11.3 Å². The first-order valence-electron chi connectivity index (χ1n) is 6.38. The summed E-state index contributed by atoms with van der Waals surface area (Å²) in [6, 6.07) is 10.0. The van der Waals surface area contributed by atoms with Crippen LogP contribution in [0.4, 0.5) is 10.7 Å². The summed E-state index contributed by atoms with van der Waals surface area (Å²) < 4.78 is 0. The second-order valence-corrected chi connectivity index (χ2v) is 5.93. The van der Waals surface area contributed by atoms with Crippen molar-refractivity contribution in [2.45, 2.75) is 13.5 Å². The topological polar surface area (TPSA) is 58.4 Å². The van der Waals surface area contributed by atoms with Gasteiger partial charge in [0.25, 0.3) is 5.91 Å². The third kappa shape index (κ3) is 3.11. The van der Waals surface area contributed by atoms with E-state index in [0.29, 0.717) is 10.6 Å². The number of carbonyl (C=O) groups excluding carboxylic acids is 1. The molecule has 0 aliphatic heterocycles. The highest BCUT2D eigenvalue weighted by Gasteiger charge is 2.16. The molecule has 1 heterocycles. The van der Waals surface area contributed by atoms with Crippen LogP contribution in [-0.2, 0) is 6.54 Å². The highest BCUT2D eigenvalue weighted by Crippen LogP contribution is 2.30. The van der Waals surface area contributed by atoms with Gasteiger partial charge in [-0.15, -0.1) is 11.3 Å². The number of thiophene rings is 1. The molecule has 4 nitrogen and oxygen atoms in total.